The van der Waals surface area contributed by atoms with Crippen LogP contribution in [0.4, 0.5) is 4.79 Å². The third-order valence-corrected chi connectivity index (χ3v) is 2.82. The van der Waals surface area contributed by atoms with E-state index >= 15 is 0 Å². The van der Waals surface area contributed by atoms with Crippen LogP contribution in [0.15, 0.2) is 0 Å². The second-order valence-electron chi connectivity index (χ2n) is 1.63. The van der Waals surface area contributed by atoms with Gasteiger partial charge in [0.2, 0.25) is 0 Å². The minimum atomic E-state index is -0.928. The summed E-state index contributed by atoms with van der Waals surface area (Å²) in [5, 5.41) is 11.2. The minimum absolute atomic E-state index is 0.102. The molecule has 1 atom stereocenters. The van der Waals surface area contributed by atoms with Gasteiger partial charge in [-0.2, -0.15) is 0 Å². The Bertz CT molecular complexity index is 158. The number of aliphatic carboxylic acids is 1. The van der Waals surface area contributed by atoms with Gasteiger partial charge in [0.05, 0.1) is 0 Å². The standard InChI is InChI=1S/C4H5NO3Se/c6-3(7)2-1-9-4(8)5-2/h2H,1H2,(H,5,8)(H,6,7)/t2-/m0/s1. The van der Waals surface area contributed by atoms with Crippen LogP contribution in [0.1, 0.15) is 0 Å². The first-order valence-corrected chi connectivity index (χ1v) is 4.43. The van der Waals surface area contributed by atoms with Gasteiger partial charge in [0, 0.05) is 0 Å². The second-order valence-corrected chi connectivity index (χ2v) is 3.72. The first kappa shape index (κ1) is 6.58. The summed E-state index contributed by atoms with van der Waals surface area (Å²) in [6.07, 6.45) is 0. The van der Waals surface area contributed by atoms with Gasteiger partial charge >= 0.3 is 57.1 Å². The third-order valence-electron chi connectivity index (χ3n) is 0.971. The van der Waals surface area contributed by atoms with Crippen molar-refractivity contribution < 1.29 is 14.7 Å². The molecule has 0 unspecified atom stereocenters. The summed E-state index contributed by atoms with van der Waals surface area (Å²) in [4.78, 5) is 20.5. The van der Waals surface area contributed by atoms with E-state index in [1.165, 1.54) is 0 Å². The molecular weight excluding hydrogens is 189 g/mol. The van der Waals surface area contributed by atoms with Gasteiger partial charge in [0.25, 0.3) is 0 Å². The van der Waals surface area contributed by atoms with E-state index < -0.39 is 12.0 Å². The van der Waals surface area contributed by atoms with Crippen LogP contribution in [0.5, 0.6) is 0 Å². The Hall–Kier alpha value is -0.541. The van der Waals surface area contributed by atoms with E-state index in [9.17, 15) is 9.59 Å². The molecule has 0 aromatic rings. The molecule has 0 aromatic heterocycles. The number of carbonyl (C=O) groups is 2. The van der Waals surface area contributed by atoms with Gasteiger partial charge < -0.3 is 0 Å². The van der Waals surface area contributed by atoms with E-state index in [0.717, 1.165) is 0 Å². The molecule has 1 heterocycles. The molecule has 0 saturated carbocycles. The number of hydrogen-bond donors (Lipinski definition) is 2. The SMILES string of the molecule is O=C1N[C@H](C(=O)O)C[Se]1. The molecule has 4 nitrogen and oxygen atoms in total. The fraction of sp³-hybridized carbons (Fsp3) is 0.500. The fourth-order valence-electron chi connectivity index (χ4n) is 0.518. The Morgan fingerprint density at radius 3 is 2.78 bits per heavy atom. The summed E-state index contributed by atoms with van der Waals surface area (Å²) in [5.41, 5.74) is 0. The van der Waals surface area contributed by atoms with E-state index in [2.05, 4.69) is 5.32 Å². The number of carboxylic acids is 1. The molecule has 1 fully saturated rings. The molecule has 0 radical (unpaired) electrons. The quantitative estimate of drug-likeness (QED) is 0.541. The number of nitrogens with one attached hydrogen (secondary N) is 1. The van der Waals surface area contributed by atoms with Gasteiger partial charge in [0.15, 0.2) is 0 Å². The average Bonchev–Trinajstić information content (AvgIpc) is 2.14. The van der Waals surface area contributed by atoms with Crippen LogP contribution < -0.4 is 5.32 Å². The number of hydrogen-bond acceptors (Lipinski definition) is 2. The molecule has 0 aromatic carbocycles. The van der Waals surface area contributed by atoms with Crippen molar-refractivity contribution in [2.45, 2.75) is 11.4 Å². The van der Waals surface area contributed by atoms with Gasteiger partial charge in [0.1, 0.15) is 0 Å². The third kappa shape index (κ3) is 1.43. The number of carboxylic acid groups (broad SMARTS) is 1. The fourth-order valence-corrected chi connectivity index (χ4v) is 2.13. The molecule has 1 aliphatic heterocycles. The van der Waals surface area contributed by atoms with Crippen molar-refractivity contribution in [3.05, 3.63) is 0 Å². The van der Waals surface area contributed by atoms with E-state index in [1.807, 2.05) is 0 Å². The van der Waals surface area contributed by atoms with Gasteiger partial charge in [-0.3, -0.25) is 0 Å². The van der Waals surface area contributed by atoms with Crippen molar-refractivity contribution in [2.75, 3.05) is 0 Å². The Morgan fingerprint density at radius 1 is 1.89 bits per heavy atom. The van der Waals surface area contributed by atoms with Crippen molar-refractivity contribution in [2.24, 2.45) is 0 Å². The molecule has 1 amide bonds. The summed E-state index contributed by atoms with van der Waals surface area (Å²) in [5.74, 6) is -0.928. The van der Waals surface area contributed by atoms with Crippen molar-refractivity contribution >= 4 is 25.7 Å². The molecule has 0 bridgehead atoms. The maximum absolute atomic E-state index is 10.4. The monoisotopic (exact) mass is 195 g/mol. The Labute approximate surface area is 57.8 Å². The summed E-state index contributed by atoms with van der Waals surface area (Å²) < 4.78 is 0. The topological polar surface area (TPSA) is 66.4 Å². The summed E-state index contributed by atoms with van der Waals surface area (Å²) >= 11 is -0.150. The Balaban J connectivity index is 2.48. The summed E-state index contributed by atoms with van der Waals surface area (Å²) in [6.45, 7) is 0. The Morgan fingerprint density at radius 2 is 2.56 bits per heavy atom. The molecule has 0 spiro atoms. The molecule has 2 N–H and O–H groups in total. The van der Waals surface area contributed by atoms with Crippen molar-refractivity contribution in [1.29, 1.82) is 0 Å². The molecule has 50 valence electrons. The second kappa shape index (κ2) is 2.37. The predicted molar refractivity (Wildman–Crippen MR) is 30.5 cm³/mol. The first-order valence-electron chi connectivity index (χ1n) is 2.36. The molecular formula is C4H5NO3Se. The van der Waals surface area contributed by atoms with E-state index in [0.29, 0.717) is 5.32 Å². The van der Waals surface area contributed by atoms with Crippen LogP contribution in [0.3, 0.4) is 0 Å². The normalized spacial score (nSPS) is 25.8. The zero-order valence-electron chi connectivity index (χ0n) is 4.46. The zero-order chi connectivity index (χ0) is 6.85. The van der Waals surface area contributed by atoms with Crippen LogP contribution >= 0.6 is 0 Å². The first-order chi connectivity index (χ1) is 4.20. The van der Waals surface area contributed by atoms with Gasteiger partial charge in [-0.15, -0.1) is 0 Å². The number of carbonyl (C=O) groups excluding carboxylic acids is 1. The summed E-state index contributed by atoms with van der Waals surface area (Å²) in [7, 11) is 0. The number of rotatable bonds is 1. The van der Waals surface area contributed by atoms with Crippen LogP contribution in [0.2, 0.25) is 5.32 Å². The molecule has 1 rings (SSSR count). The van der Waals surface area contributed by atoms with Gasteiger partial charge in [-0.1, -0.05) is 0 Å². The maximum atomic E-state index is 10.4. The molecule has 5 heteroatoms. The van der Waals surface area contributed by atoms with Gasteiger partial charge in [-0.05, 0) is 0 Å². The van der Waals surface area contributed by atoms with Crippen molar-refractivity contribution in [3.8, 4) is 0 Å². The molecule has 0 aliphatic carbocycles. The number of amides is 1. The predicted octanol–water partition coefficient (Wildman–Crippen LogP) is -0.715. The average molecular weight is 194 g/mol. The zero-order valence-corrected chi connectivity index (χ0v) is 6.17. The summed E-state index contributed by atoms with van der Waals surface area (Å²) in [6, 6.07) is -0.613. The van der Waals surface area contributed by atoms with Crippen LogP contribution in [0.25, 0.3) is 0 Å². The molecule has 1 saturated heterocycles. The Kier molecular flexibility index (Phi) is 1.73. The van der Waals surface area contributed by atoms with Crippen molar-refractivity contribution in [1.82, 2.24) is 5.32 Å². The van der Waals surface area contributed by atoms with E-state index in [4.69, 9.17) is 5.11 Å². The van der Waals surface area contributed by atoms with E-state index in [-0.39, 0.29) is 19.8 Å². The molecule has 1 aliphatic rings. The molecule has 9 heavy (non-hydrogen) atoms. The van der Waals surface area contributed by atoms with Crippen LogP contribution in [0, 0.1) is 0 Å². The van der Waals surface area contributed by atoms with E-state index in [1.54, 1.807) is 0 Å². The van der Waals surface area contributed by atoms with Crippen LogP contribution in [-0.2, 0) is 4.79 Å². The van der Waals surface area contributed by atoms with Crippen LogP contribution in [-0.4, -0.2) is 36.9 Å². The van der Waals surface area contributed by atoms with Gasteiger partial charge in [-0.25, -0.2) is 0 Å². The van der Waals surface area contributed by atoms with Crippen molar-refractivity contribution in [3.63, 3.8) is 0 Å².